The Morgan fingerprint density at radius 1 is 0.714 bits per heavy atom. The molecule has 0 amide bonds. The molecule has 0 unspecified atom stereocenters. The number of thiophene rings is 2. The molecule has 0 aromatic carbocycles. The molecule has 4 nitrogen and oxygen atoms in total. The smallest absolute Gasteiger partial charge is 0.193 e. The summed E-state index contributed by atoms with van der Waals surface area (Å²) in [6, 6.07) is 4.20. The first-order chi connectivity index (χ1) is 13.1. The van der Waals surface area contributed by atoms with E-state index in [0.29, 0.717) is 26.4 Å². The lowest BCUT2D eigenvalue weighted by Gasteiger charge is -2.34. The van der Waals surface area contributed by atoms with Crippen molar-refractivity contribution in [3.05, 3.63) is 30.8 Å². The van der Waals surface area contributed by atoms with E-state index in [9.17, 15) is 0 Å². The van der Waals surface area contributed by atoms with Crippen molar-refractivity contribution in [2.45, 2.75) is 40.3 Å². The fraction of sp³-hybridized carbons (Fsp3) is 0.600. The Labute approximate surface area is 190 Å². The fourth-order valence-electron chi connectivity index (χ4n) is 3.03. The van der Waals surface area contributed by atoms with Gasteiger partial charge in [-0.25, -0.2) is 0 Å². The lowest BCUT2D eigenvalue weighted by molar-refractivity contribution is -0.224. The average molecular weight is 552 g/mol. The van der Waals surface area contributed by atoms with Crippen molar-refractivity contribution in [2.24, 2.45) is 10.8 Å². The standard InChI is InChI=1S/C20H24Br2O4S2/c1-19(2)7-23-17(24-8-19)13-5-11(21)15(27-13)16-12(22)6-14(28-16)18-25-9-20(3,4)10-26-18/h5-6,17-18H,7-10H2,1-4H3. The molecular weight excluding hydrogens is 528 g/mol. The molecule has 0 radical (unpaired) electrons. The van der Waals surface area contributed by atoms with Gasteiger partial charge in [0.1, 0.15) is 0 Å². The zero-order valence-electron chi connectivity index (χ0n) is 16.3. The molecule has 4 rings (SSSR count). The van der Waals surface area contributed by atoms with E-state index in [1.807, 2.05) is 0 Å². The molecule has 0 aliphatic carbocycles. The van der Waals surface area contributed by atoms with Crippen molar-refractivity contribution < 1.29 is 18.9 Å². The molecule has 0 N–H and O–H groups in total. The van der Waals surface area contributed by atoms with E-state index in [0.717, 1.165) is 28.5 Å². The van der Waals surface area contributed by atoms with Gasteiger partial charge in [0, 0.05) is 19.8 Å². The van der Waals surface area contributed by atoms with Gasteiger partial charge in [-0.05, 0) is 44.0 Å². The highest BCUT2D eigenvalue weighted by Crippen LogP contribution is 2.48. The van der Waals surface area contributed by atoms with Gasteiger partial charge < -0.3 is 18.9 Å². The van der Waals surface area contributed by atoms with Gasteiger partial charge in [0.05, 0.1) is 45.9 Å². The Kier molecular flexibility index (Phi) is 6.15. The second-order valence-electron chi connectivity index (χ2n) is 8.89. The minimum absolute atomic E-state index is 0.0636. The summed E-state index contributed by atoms with van der Waals surface area (Å²) in [7, 11) is 0. The van der Waals surface area contributed by atoms with Gasteiger partial charge in [0.15, 0.2) is 12.6 Å². The van der Waals surface area contributed by atoms with Gasteiger partial charge in [-0.3, -0.25) is 0 Å². The zero-order chi connectivity index (χ0) is 20.1. The number of rotatable bonds is 3. The van der Waals surface area contributed by atoms with Crippen molar-refractivity contribution >= 4 is 54.5 Å². The molecule has 2 saturated heterocycles. The molecule has 154 valence electrons. The second kappa shape index (κ2) is 8.04. The van der Waals surface area contributed by atoms with Crippen LogP contribution in [0.3, 0.4) is 0 Å². The first-order valence-corrected chi connectivity index (χ1v) is 12.4. The molecule has 4 heterocycles. The maximum Gasteiger partial charge on any atom is 0.193 e. The average Bonchev–Trinajstić information content (AvgIpc) is 3.17. The second-order valence-corrected chi connectivity index (χ2v) is 12.8. The van der Waals surface area contributed by atoms with Crippen molar-refractivity contribution in [1.29, 1.82) is 0 Å². The van der Waals surface area contributed by atoms with E-state index in [1.165, 1.54) is 0 Å². The Morgan fingerprint density at radius 2 is 1.04 bits per heavy atom. The zero-order valence-corrected chi connectivity index (χ0v) is 21.1. The van der Waals surface area contributed by atoms with Crippen LogP contribution in [0, 0.1) is 10.8 Å². The summed E-state index contributed by atoms with van der Waals surface area (Å²) in [5.74, 6) is 0. The summed E-state index contributed by atoms with van der Waals surface area (Å²) in [4.78, 5) is 4.47. The Bertz CT molecular complexity index is 768. The van der Waals surface area contributed by atoms with Crippen LogP contribution in [0.15, 0.2) is 21.1 Å². The van der Waals surface area contributed by atoms with E-state index in [4.69, 9.17) is 18.9 Å². The molecule has 0 bridgehead atoms. The molecule has 2 fully saturated rings. The van der Waals surface area contributed by atoms with Gasteiger partial charge in [0.25, 0.3) is 0 Å². The number of halogens is 2. The molecule has 2 aliphatic rings. The SMILES string of the molecule is CC1(C)COC(c2cc(Br)c(-c3sc(C4OCC(C)(C)CO4)cc3Br)s2)OC1. The summed E-state index contributed by atoms with van der Waals surface area (Å²) in [6.07, 6.45) is -0.595. The molecule has 2 aliphatic heterocycles. The molecule has 8 heteroatoms. The molecule has 2 aromatic rings. The number of hydrogen-bond acceptors (Lipinski definition) is 6. The predicted molar refractivity (Wildman–Crippen MR) is 120 cm³/mol. The monoisotopic (exact) mass is 550 g/mol. The van der Waals surface area contributed by atoms with Crippen LogP contribution in [-0.4, -0.2) is 26.4 Å². The van der Waals surface area contributed by atoms with E-state index < -0.39 is 0 Å². The topological polar surface area (TPSA) is 36.9 Å². The first-order valence-electron chi connectivity index (χ1n) is 9.19. The Hall–Kier alpha value is 0.200. The quantitative estimate of drug-likeness (QED) is 0.406. The lowest BCUT2D eigenvalue weighted by atomic mass is 9.95. The fourth-order valence-corrected chi connectivity index (χ4v) is 7.23. The largest absolute Gasteiger partial charge is 0.347 e. The van der Waals surface area contributed by atoms with E-state index in [2.05, 4.69) is 71.7 Å². The highest BCUT2D eigenvalue weighted by molar-refractivity contribution is 9.11. The maximum atomic E-state index is 5.95. The third kappa shape index (κ3) is 4.59. The molecular formula is C20H24Br2O4S2. The van der Waals surface area contributed by atoms with Crippen LogP contribution in [0.1, 0.15) is 50.0 Å². The Morgan fingerprint density at radius 3 is 1.36 bits per heavy atom. The Balaban J connectivity index is 1.54. The maximum absolute atomic E-state index is 5.95. The molecule has 0 atom stereocenters. The van der Waals surface area contributed by atoms with Gasteiger partial charge in [0.2, 0.25) is 0 Å². The minimum atomic E-state index is -0.298. The van der Waals surface area contributed by atoms with Crippen molar-refractivity contribution in [1.82, 2.24) is 0 Å². The third-order valence-corrected chi connectivity index (χ3v) is 8.84. The van der Waals surface area contributed by atoms with Crippen LogP contribution >= 0.6 is 54.5 Å². The molecule has 0 spiro atoms. The summed E-state index contributed by atoms with van der Waals surface area (Å²) in [5.41, 5.74) is 0.127. The first kappa shape index (κ1) is 21.4. The van der Waals surface area contributed by atoms with Gasteiger partial charge >= 0.3 is 0 Å². The van der Waals surface area contributed by atoms with E-state index >= 15 is 0 Å². The van der Waals surface area contributed by atoms with Gasteiger partial charge in [-0.15, -0.1) is 22.7 Å². The van der Waals surface area contributed by atoms with Gasteiger partial charge in [-0.2, -0.15) is 0 Å². The molecule has 2 aromatic heterocycles. The minimum Gasteiger partial charge on any atom is -0.347 e. The lowest BCUT2D eigenvalue weighted by Crippen LogP contribution is -2.33. The summed E-state index contributed by atoms with van der Waals surface area (Å²) < 4.78 is 25.9. The van der Waals surface area contributed by atoms with Crippen molar-refractivity contribution in [3.8, 4) is 9.75 Å². The van der Waals surface area contributed by atoms with E-state index in [-0.39, 0.29) is 23.4 Å². The summed E-state index contributed by atoms with van der Waals surface area (Å²) in [6.45, 7) is 11.4. The van der Waals surface area contributed by atoms with Crippen LogP contribution in [-0.2, 0) is 18.9 Å². The third-order valence-electron chi connectivity index (χ3n) is 4.58. The highest BCUT2D eigenvalue weighted by Gasteiger charge is 2.33. The molecule has 28 heavy (non-hydrogen) atoms. The van der Waals surface area contributed by atoms with Crippen LogP contribution in [0.5, 0.6) is 0 Å². The normalized spacial score (nSPS) is 23.2. The van der Waals surface area contributed by atoms with Crippen molar-refractivity contribution in [3.63, 3.8) is 0 Å². The number of ether oxygens (including phenoxy) is 4. The van der Waals surface area contributed by atoms with E-state index in [1.54, 1.807) is 22.7 Å². The molecule has 0 saturated carbocycles. The summed E-state index contributed by atoms with van der Waals surface area (Å²) in [5, 5.41) is 0. The van der Waals surface area contributed by atoms with Crippen LogP contribution < -0.4 is 0 Å². The predicted octanol–water partition coefficient (Wildman–Crippen LogP) is 7.14. The van der Waals surface area contributed by atoms with Gasteiger partial charge in [-0.1, -0.05) is 27.7 Å². The summed E-state index contributed by atoms with van der Waals surface area (Å²) >= 11 is 10.8. The van der Waals surface area contributed by atoms with Crippen molar-refractivity contribution in [2.75, 3.05) is 26.4 Å². The van der Waals surface area contributed by atoms with Crippen LogP contribution in [0.4, 0.5) is 0 Å². The van der Waals surface area contributed by atoms with Crippen LogP contribution in [0.2, 0.25) is 0 Å². The highest BCUT2D eigenvalue weighted by atomic mass is 79.9. The number of hydrogen-bond donors (Lipinski definition) is 0. The van der Waals surface area contributed by atoms with Crippen LogP contribution in [0.25, 0.3) is 9.75 Å².